The van der Waals surface area contributed by atoms with Gasteiger partial charge in [0.15, 0.2) is 5.69 Å². The number of nitrogens with two attached hydrogens (primary N) is 1. The Morgan fingerprint density at radius 3 is 2.38 bits per heavy atom. The van der Waals surface area contributed by atoms with Crippen LogP contribution in [-0.4, -0.2) is 30.9 Å². The first-order valence-corrected chi connectivity index (χ1v) is 13.9. The maximum absolute atomic E-state index is 13.6. The van der Waals surface area contributed by atoms with Crippen molar-refractivity contribution in [3.05, 3.63) is 113 Å². The Kier molecular flexibility index (Phi) is 9.61. The van der Waals surface area contributed by atoms with Gasteiger partial charge in [0.25, 0.3) is 5.91 Å². The molecule has 5 N–H and O–H groups in total. The van der Waals surface area contributed by atoms with Crippen LogP contribution in [0, 0.1) is 0 Å². The fraction of sp³-hybridized carbons (Fsp3) is 0.241. The van der Waals surface area contributed by atoms with Crippen molar-refractivity contribution in [2.75, 3.05) is 5.32 Å². The molecule has 4 aromatic rings. The lowest BCUT2D eigenvalue weighted by molar-refractivity contribution is -0.141. The molecule has 0 aliphatic carbocycles. The maximum atomic E-state index is 13.6. The number of anilines is 1. The third-order valence-electron chi connectivity index (χ3n) is 6.39. The molecule has 0 aliphatic rings. The fourth-order valence-electron chi connectivity index (χ4n) is 4.32. The summed E-state index contributed by atoms with van der Waals surface area (Å²) in [4.78, 5) is 13.4. The van der Waals surface area contributed by atoms with Gasteiger partial charge in [0, 0.05) is 24.3 Å². The molecule has 3 aromatic carbocycles. The number of amides is 1. The van der Waals surface area contributed by atoms with Crippen molar-refractivity contribution in [2.45, 2.75) is 42.3 Å². The van der Waals surface area contributed by atoms with E-state index in [2.05, 4.69) is 15.7 Å². The summed E-state index contributed by atoms with van der Waals surface area (Å²) < 4.78 is 41.1. The molecule has 3 unspecified atom stereocenters. The van der Waals surface area contributed by atoms with E-state index in [1.54, 1.807) is 42.5 Å². The molecule has 1 heterocycles. The average Bonchev–Trinajstić information content (AvgIpc) is 3.41. The van der Waals surface area contributed by atoms with Gasteiger partial charge in [-0.1, -0.05) is 61.5 Å². The molecule has 0 saturated carbocycles. The van der Waals surface area contributed by atoms with Gasteiger partial charge in [0.2, 0.25) is 0 Å². The number of aromatic nitrogens is 2. The van der Waals surface area contributed by atoms with Gasteiger partial charge in [-0.2, -0.15) is 18.3 Å². The highest BCUT2D eigenvalue weighted by molar-refractivity contribution is 14.1. The highest BCUT2D eigenvalue weighted by Gasteiger charge is 2.36. The second-order valence-electron chi connectivity index (χ2n) is 9.18. The standard InChI is InChI=1S/C29H29F3IN5O2/c1-2-23(27(33)39)36-26(19-9-4-3-5-10-19)20-11-7-12-21(15-20)35-28(40)24-16-25(29(30,31)32)37-38(24)22-13-6-8-18(14-22)17-34/h3-16,23,26-27,36,39H,2,17,34H2,1H3,(H,35,40). The smallest absolute Gasteiger partial charge is 0.381 e. The van der Waals surface area contributed by atoms with Crippen molar-refractivity contribution in [3.63, 3.8) is 0 Å². The molecule has 40 heavy (non-hydrogen) atoms. The predicted molar refractivity (Wildman–Crippen MR) is 156 cm³/mol. The molecule has 0 bridgehead atoms. The number of nitrogens with one attached hydrogen (secondary N) is 2. The zero-order chi connectivity index (χ0) is 28.9. The largest absolute Gasteiger partial charge is 0.435 e. The van der Waals surface area contributed by atoms with Crippen LogP contribution in [0.15, 0.2) is 84.9 Å². The number of carbonyl (C=O) groups is 1. The minimum Gasteiger partial charge on any atom is -0.381 e. The van der Waals surface area contributed by atoms with E-state index in [0.29, 0.717) is 17.7 Å². The molecule has 0 radical (unpaired) electrons. The van der Waals surface area contributed by atoms with Crippen LogP contribution in [0.2, 0.25) is 0 Å². The van der Waals surface area contributed by atoms with Crippen LogP contribution >= 0.6 is 22.6 Å². The monoisotopic (exact) mass is 663 g/mol. The molecule has 4 rings (SSSR count). The summed E-state index contributed by atoms with van der Waals surface area (Å²) in [6.45, 7) is 2.15. The molecule has 7 nitrogen and oxygen atoms in total. The second kappa shape index (κ2) is 12.9. The topological polar surface area (TPSA) is 105 Å². The lowest BCUT2D eigenvalue weighted by Crippen LogP contribution is -2.39. The van der Waals surface area contributed by atoms with Gasteiger partial charge < -0.3 is 21.5 Å². The predicted octanol–water partition coefficient (Wildman–Crippen LogP) is 5.81. The van der Waals surface area contributed by atoms with E-state index in [9.17, 15) is 23.1 Å². The number of halogens is 4. The Morgan fingerprint density at radius 2 is 1.73 bits per heavy atom. The average molecular weight is 663 g/mol. The van der Waals surface area contributed by atoms with Crippen molar-refractivity contribution in [1.29, 1.82) is 0 Å². The first kappa shape index (κ1) is 29.7. The van der Waals surface area contributed by atoms with E-state index < -0.39 is 21.9 Å². The number of carbonyl (C=O) groups excluding carboxylic acids is 1. The minimum absolute atomic E-state index is 0.180. The summed E-state index contributed by atoms with van der Waals surface area (Å²) in [6, 6.07) is 23.5. The summed E-state index contributed by atoms with van der Waals surface area (Å²) in [7, 11) is 0. The van der Waals surface area contributed by atoms with Crippen molar-refractivity contribution in [3.8, 4) is 5.69 Å². The zero-order valence-corrected chi connectivity index (χ0v) is 23.7. The van der Waals surface area contributed by atoms with Gasteiger partial charge in [-0.25, -0.2) is 4.68 Å². The minimum atomic E-state index is -4.74. The van der Waals surface area contributed by atoms with Gasteiger partial charge in [0.1, 0.15) is 9.80 Å². The Hall–Kier alpha value is -3.26. The highest BCUT2D eigenvalue weighted by Crippen LogP contribution is 2.31. The van der Waals surface area contributed by atoms with Crippen LogP contribution in [0.3, 0.4) is 0 Å². The van der Waals surface area contributed by atoms with E-state index in [-0.39, 0.29) is 30.0 Å². The molecule has 0 spiro atoms. The molecule has 210 valence electrons. The van der Waals surface area contributed by atoms with Gasteiger partial charge >= 0.3 is 6.18 Å². The first-order chi connectivity index (χ1) is 19.1. The van der Waals surface area contributed by atoms with Gasteiger partial charge in [-0.05, 0) is 70.0 Å². The zero-order valence-electron chi connectivity index (χ0n) is 21.6. The summed E-state index contributed by atoms with van der Waals surface area (Å²) in [5.41, 5.74) is 7.36. The molecular weight excluding hydrogens is 634 g/mol. The van der Waals surface area contributed by atoms with Gasteiger partial charge in [-0.15, -0.1) is 0 Å². The van der Waals surface area contributed by atoms with Crippen molar-refractivity contribution in [2.24, 2.45) is 5.73 Å². The number of nitrogens with zero attached hydrogens (tertiary/aromatic N) is 2. The number of aliphatic hydroxyl groups excluding tert-OH is 1. The van der Waals surface area contributed by atoms with Gasteiger partial charge in [-0.3, -0.25) is 4.79 Å². The van der Waals surface area contributed by atoms with E-state index in [4.69, 9.17) is 5.73 Å². The van der Waals surface area contributed by atoms with Gasteiger partial charge in [0.05, 0.1) is 11.7 Å². The first-order valence-electron chi connectivity index (χ1n) is 12.6. The van der Waals surface area contributed by atoms with E-state index in [0.717, 1.165) is 21.9 Å². The molecule has 11 heteroatoms. The lowest BCUT2D eigenvalue weighted by Gasteiger charge is -2.27. The summed E-state index contributed by atoms with van der Waals surface area (Å²) in [5, 5.41) is 20.1. The third kappa shape index (κ3) is 7.08. The van der Waals surface area contributed by atoms with Crippen molar-refractivity contribution < 1.29 is 23.1 Å². The third-order valence-corrected chi connectivity index (χ3v) is 7.25. The van der Waals surface area contributed by atoms with E-state index >= 15 is 0 Å². The normalized spacial score (nSPS) is 14.0. The SMILES string of the molecule is CCC(NC(c1ccccc1)c1cccc(NC(=O)c2cc(C(F)(F)F)nn2-c2cccc(CN)c2)c1)C(O)I. The van der Waals surface area contributed by atoms with Crippen LogP contribution in [-0.2, 0) is 12.7 Å². The lowest BCUT2D eigenvalue weighted by atomic mass is 9.97. The Labute approximate surface area is 243 Å². The van der Waals surface area contributed by atoms with Crippen LogP contribution in [0.4, 0.5) is 18.9 Å². The van der Waals surface area contributed by atoms with E-state index in [1.807, 2.05) is 65.9 Å². The maximum Gasteiger partial charge on any atom is 0.435 e. The Balaban J connectivity index is 1.68. The quantitative estimate of drug-likeness (QED) is 0.127. The van der Waals surface area contributed by atoms with Crippen LogP contribution in [0.25, 0.3) is 5.69 Å². The number of alkyl halides is 4. The molecular formula is C29H29F3IN5O2. The number of rotatable bonds is 10. The summed E-state index contributed by atoms with van der Waals surface area (Å²) in [6.07, 6.45) is -4.06. The molecule has 0 aliphatic heterocycles. The van der Waals surface area contributed by atoms with Crippen LogP contribution in [0.5, 0.6) is 0 Å². The Bertz CT molecular complexity index is 1440. The summed E-state index contributed by atoms with van der Waals surface area (Å²) >= 11 is 1.97. The second-order valence-corrected chi connectivity index (χ2v) is 10.5. The van der Waals surface area contributed by atoms with E-state index in [1.165, 1.54) is 0 Å². The molecule has 0 fully saturated rings. The fourth-order valence-corrected chi connectivity index (χ4v) is 5.04. The molecule has 3 atom stereocenters. The molecule has 0 saturated heterocycles. The van der Waals surface area contributed by atoms with Crippen LogP contribution in [0.1, 0.15) is 52.3 Å². The van der Waals surface area contributed by atoms with Crippen molar-refractivity contribution >= 4 is 34.2 Å². The number of hydrogen-bond acceptors (Lipinski definition) is 5. The molecule has 1 amide bonds. The number of hydrogen-bond donors (Lipinski definition) is 4. The highest BCUT2D eigenvalue weighted by atomic mass is 127. The molecule has 1 aromatic heterocycles. The van der Waals surface area contributed by atoms with Crippen LogP contribution < -0.4 is 16.4 Å². The number of benzene rings is 3. The van der Waals surface area contributed by atoms with Crippen molar-refractivity contribution in [1.82, 2.24) is 15.1 Å². The Morgan fingerprint density at radius 1 is 1.02 bits per heavy atom. The summed E-state index contributed by atoms with van der Waals surface area (Å²) in [5.74, 6) is -0.753. The number of aliphatic hydroxyl groups is 1.